The van der Waals surface area contributed by atoms with Crippen LogP contribution in [0.3, 0.4) is 0 Å². The summed E-state index contributed by atoms with van der Waals surface area (Å²) in [7, 11) is 2.19. The van der Waals surface area contributed by atoms with Crippen LogP contribution in [-0.2, 0) is 30.9 Å². The second kappa shape index (κ2) is 12.6. The number of nitrogens with one attached hydrogen (secondary N) is 2. The van der Waals surface area contributed by atoms with Gasteiger partial charge in [0.1, 0.15) is 6.61 Å². The summed E-state index contributed by atoms with van der Waals surface area (Å²) in [5.41, 5.74) is 8.83. The second-order valence-corrected chi connectivity index (χ2v) is 11.1. The molecule has 3 aromatic rings. The summed E-state index contributed by atoms with van der Waals surface area (Å²) in [5.74, 6) is 0. The van der Waals surface area contributed by atoms with Crippen LogP contribution in [0.4, 0.5) is 10.5 Å². The monoisotopic (exact) mass is 527 g/mol. The summed E-state index contributed by atoms with van der Waals surface area (Å²) < 4.78 is 5.43. The van der Waals surface area contributed by atoms with Gasteiger partial charge < -0.3 is 20.3 Å². The predicted octanol–water partition coefficient (Wildman–Crippen LogP) is 4.74. The second-order valence-electron chi connectivity index (χ2n) is 11.1. The summed E-state index contributed by atoms with van der Waals surface area (Å²) in [4.78, 5) is 21.9. The average Bonchev–Trinajstić information content (AvgIpc) is 2.94. The maximum absolute atomic E-state index is 12.3. The van der Waals surface area contributed by atoms with Crippen molar-refractivity contribution in [1.29, 1.82) is 0 Å². The molecule has 0 spiro atoms. The van der Waals surface area contributed by atoms with E-state index >= 15 is 0 Å². The fourth-order valence-electron chi connectivity index (χ4n) is 5.82. The van der Waals surface area contributed by atoms with Crippen LogP contribution >= 0.6 is 0 Å². The Morgan fingerprint density at radius 1 is 1.13 bits per heavy atom. The summed E-state index contributed by atoms with van der Waals surface area (Å²) in [5, 5.41) is 6.83. The largest absolute Gasteiger partial charge is 0.445 e. The van der Waals surface area contributed by atoms with Gasteiger partial charge in [-0.25, -0.2) is 4.79 Å². The molecular weight excluding hydrogens is 486 g/mol. The van der Waals surface area contributed by atoms with Crippen LogP contribution in [0.2, 0.25) is 0 Å². The van der Waals surface area contributed by atoms with Gasteiger partial charge in [0.25, 0.3) is 0 Å². The number of fused-ring (bicyclic) bond motifs is 1. The van der Waals surface area contributed by atoms with Crippen molar-refractivity contribution in [3.8, 4) is 0 Å². The number of aryl methyl sites for hydroxylation is 2. The van der Waals surface area contributed by atoms with Crippen LogP contribution in [-0.4, -0.2) is 54.7 Å². The Morgan fingerprint density at radius 3 is 2.69 bits per heavy atom. The van der Waals surface area contributed by atoms with Gasteiger partial charge in [-0.15, -0.1) is 0 Å². The number of amides is 1. The third-order valence-corrected chi connectivity index (χ3v) is 7.93. The Hall–Kier alpha value is -3.42. The van der Waals surface area contributed by atoms with E-state index in [9.17, 15) is 4.79 Å². The number of hydrogen-bond donors (Lipinski definition) is 2. The number of aromatic nitrogens is 1. The number of rotatable bonds is 8. The van der Waals surface area contributed by atoms with Gasteiger partial charge in [0.2, 0.25) is 0 Å². The van der Waals surface area contributed by atoms with Crippen molar-refractivity contribution in [3.05, 3.63) is 94.3 Å². The Labute approximate surface area is 232 Å². The van der Waals surface area contributed by atoms with E-state index in [1.165, 1.54) is 27.9 Å². The molecule has 0 aliphatic carbocycles. The fraction of sp³-hybridized carbons (Fsp3) is 0.438. The van der Waals surface area contributed by atoms with Gasteiger partial charge in [-0.05, 0) is 74.0 Å². The number of nitrogens with zero attached hydrogens (tertiary/aromatic N) is 3. The van der Waals surface area contributed by atoms with Gasteiger partial charge in [-0.2, -0.15) is 0 Å². The molecule has 2 aromatic carbocycles. The van der Waals surface area contributed by atoms with E-state index in [2.05, 4.69) is 70.6 Å². The standard InChI is InChI=1S/C32H41N5O2/c1-23-16-24(2)30(34-18-23)21-36(3)20-28-17-29-26(19-33-28)10-7-11-31(29)37-14-12-27(13-15-37)35-32(38)39-22-25-8-5-4-6-9-25/h4-11,16,18,27-28,33H,12-15,17,19-22H2,1-3H3,(H,35,38)/t28-/m1/s1. The van der Waals surface area contributed by atoms with E-state index < -0.39 is 0 Å². The van der Waals surface area contributed by atoms with Crippen molar-refractivity contribution in [1.82, 2.24) is 20.5 Å². The lowest BCUT2D eigenvalue weighted by atomic mass is 9.92. The third kappa shape index (κ3) is 7.16. The predicted molar refractivity (Wildman–Crippen MR) is 156 cm³/mol. The maximum Gasteiger partial charge on any atom is 0.407 e. The van der Waals surface area contributed by atoms with Gasteiger partial charge >= 0.3 is 6.09 Å². The van der Waals surface area contributed by atoms with E-state index in [0.29, 0.717) is 12.6 Å². The zero-order chi connectivity index (χ0) is 27.2. The number of carbonyl (C=O) groups is 1. The molecule has 0 unspecified atom stereocenters. The molecule has 1 aromatic heterocycles. The number of likely N-dealkylation sites (N-methyl/N-ethyl adjacent to an activating group) is 1. The van der Waals surface area contributed by atoms with Gasteiger partial charge in [-0.3, -0.25) is 9.88 Å². The SMILES string of the molecule is Cc1cnc(CN(C)C[C@H]2Cc3c(cccc3N3CCC(NC(=O)OCc4ccccc4)CC3)CN2)c(C)c1. The molecule has 7 heteroatoms. The molecule has 1 atom stereocenters. The summed E-state index contributed by atoms with van der Waals surface area (Å²) in [6, 6.07) is 19.3. The van der Waals surface area contributed by atoms with Gasteiger partial charge in [0.05, 0.1) is 5.69 Å². The van der Waals surface area contributed by atoms with Crippen molar-refractivity contribution >= 4 is 11.8 Å². The van der Waals surface area contributed by atoms with E-state index in [-0.39, 0.29) is 12.1 Å². The molecule has 1 amide bonds. The van der Waals surface area contributed by atoms with Crippen LogP contribution in [0.25, 0.3) is 0 Å². The smallest absolute Gasteiger partial charge is 0.407 e. The number of alkyl carbamates (subject to hydrolysis) is 1. The zero-order valence-electron chi connectivity index (χ0n) is 23.5. The third-order valence-electron chi connectivity index (χ3n) is 7.93. The molecular formula is C32H41N5O2. The topological polar surface area (TPSA) is 69.7 Å². The lowest BCUT2D eigenvalue weighted by molar-refractivity contribution is 0.134. The number of hydrogen-bond acceptors (Lipinski definition) is 6. The number of anilines is 1. The zero-order valence-corrected chi connectivity index (χ0v) is 23.5. The molecule has 206 valence electrons. The normalized spacial score (nSPS) is 17.6. The minimum Gasteiger partial charge on any atom is -0.445 e. The van der Waals surface area contributed by atoms with Crippen molar-refractivity contribution in [2.45, 2.75) is 64.9 Å². The quantitative estimate of drug-likeness (QED) is 0.441. The minimum absolute atomic E-state index is 0.144. The highest BCUT2D eigenvalue weighted by atomic mass is 16.5. The maximum atomic E-state index is 12.3. The van der Waals surface area contributed by atoms with Crippen LogP contribution in [0.5, 0.6) is 0 Å². The molecule has 3 heterocycles. The van der Waals surface area contributed by atoms with Gasteiger partial charge in [-0.1, -0.05) is 48.5 Å². The molecule has 1 fully saturated rings. The molecule has 39 heavy (non-hydrogen) atoms. The van der Waals surface area contributed by atoms with Crippen LogP contribution < -0.4 is 15.5 Å². The van der Waals surface area contributed by atoms with Gasteiger partial charge in [0.15, 0.2) is 0 Å². The van der Waals surface area contributed by atoms with Crippen LogP contribution in [0.15, 0.2) is 60.8 Å². The average molecular weight is 528 g/mol. The molecule has 5 rings (SSSR count). The molecule has 2 aliphatic rings. The molecule has 0 radical (unpaired) electrons. The summed E-state index contributed by atoms with van der Waals surface area (Å²) >= 11 is 0. The first kappa shape index (κ1) is 27.2. The summed E-state index contributed by atoms with van der Waals surface area (Å²) in [6.45, 7) is 9.12. The lowest BCUT2D eigenvalue weighted by Crippen LogP contribution is -2.46. The molecule has 7 nitrogen and oxygen atoms in total. The minimum atomic E-state index is -0.330. The molecule has 0 bridgehead atoms. The fourth-order valence-corrected chi connectivity index (χ4v) is 5.82. The van der Waals surface area contributed by atoms with E-state index in [1.54, 1.807) is 0 Å². The number of ether oxygens (including phenoxy) is 1. The van der Waals surface area contributed by atoms with E-state index in [1.807, 2.05) is 36.5 Å². The van der Waals surface area contributed by atoms with Crippen molar-refractivity contribution in [2.24, 2.45) is 0 Å². The molecule has 2 aliphatic heterocycles. The molecule has 1 saturated heterocycles. The first-order valence-electron chi connectivity index (χ1n) is 14.1. The van der Waals surface area contributed by atoms with Crippen molar-refractivity contribution in [3.63, 3.8) is 0 Å². The number of benzene rings is 2. The molecule has 0 saturated carbocycles. The Kier molecular flexibility index (Phi) is 8.79. The number of pyridine rings is 1. The summed E-state index contributed by atoms with van der Waals surface area (Å²) in [6.07, 6.45) is 4.47. The van der Waals surface area contributed by atoms with Crippen LogP contribution in [0.1, 0.15) is 46.4 Å². The first-order valence-corrected chi connectivity index (χ1v) is 14.1. The van der Waals surface area contributed by atoms with Crippen molar-refractivity contribution in [2.75, 3.05) is 31.6 Å². The van der Waals surface area contributed by atoms with Crippen molar-refractivity contribution < 1.29 is 9.53 Å². The lowest BCUT2D eigenvalue weighted by Gasteiger charge is -2.37. The number of carbonyl (C=O) groups excluding carboxylic acids is 1. The van der Waals surface area contributed by atoms with E-state index in [4.69, 9.17) is 4.74 Å². The highest BCUT2D eigenvalue weighted by molar-refractivity contribution is 5.67. The van der Waals surface area contributed by atoms with Gasteiger partial charge in [0, 0.05) is 56.7 Å². The first-order chi connectivity index (χ1) is 18.9. The molecule has 2 N–H and O–H groups in total. The Morgan fingerprint density at radius 2 is 1.92 bits per heavy atom. The highest BCUT2D eigenvalue weighted by Crippen LogP contribution is 2.30. The van der Waals surface area contributed by atoms with E-state index in [0.717, 1.165) is 63.2 Å². The Balaban J connectivity index is 1.13. The highest BCUT2D eigenvalue weighted by Gasteiger charge is 2.27. The Bertz CT molecular complexity index is 1260. The number of piperidine rings is 1. The van der Waals surface area contributed by atoms with Crippen LogP contribution in [0, 0.1) is 13.8 Å².